The van der Waals surface area contributed by atoms with E-state index >= 15 is 0 Å². The van der Waals surface area contributed by atoms with E-state index in [0.29, 0.717) is 16.0 Å². The van der Waals surface area contributed by atoms with Crippen molar-refractivity contribution in [2.45, 2.75) is 19.8 Å². The number of nitrogens with one attached hydrogen (secondary N) is 1. The van der Waals surface area contributed by atoms with Crippen molar-refractivity contribution < 1.29 is 5.11 Å². The number of phenolic OH excluding ortho intramolecular Hbond substituents is 1. The van der Waals surface area contributed by atoms with Crippen molar-refractivity contribution in [2.75, 3.05) is 33.2 Å². The van der Waals surface area contributed by atoms with E-state index in [9.17, 15) is 5.11 Å². The van der Waals surface area contributed by atoms with E-state index < -0.39 is 0 Å². The van der Waals surface area contributed by atoms with E-state index in [4.69, 9.17) is 29.4 Å². The maximum atomic E-state index is 10.6. The standard InChI is InChI=1S/C21H26N6OS2/c1-4-5-15-17-18(26(3)24-15)20(29)23-19(22-17)14-12-13(6-7-16(14)28)21(30)27-10-8-25(2)9-11-27/h6-7,12,28H,4-5,8-11H2,1-3H3,(H,22,23,29). The third-order valence-corrected chi connectivity index (χ3v) is 6.33. The molecule has 1 aromatic carbocycles. The van der Waals surface area contributed by atoms with Crippen LogP contribution in [0.5, 0.6) is 5.75 Å². The number of aromatic nitrogens is 4. The minimum Gasteiger partial charge on any atom is -0.507 e. The summed E-state index contributed by atoms with van der Waals surface area (Å²) in [5, 5.41) is 15.2. The highest BCUT2D eigenvalue weighted by Crippen LogP contribution is 2.30. The molecule has 0 aliphatic carbocycles. The molecule has 2 aromatic heterocycles. The fraction of sp³-hybridized carbons (Fsp3) is 0.429. The van der Waals surface area contributed by atoms with Crippen LogP contribution in [-0.4, -0.2) is 72.9 Å². The molecule has 1 aliphatic heterocycles. The fourth-order valence-corrected chi connectivity index (χ4v) is 4.47. The number of aromatic amines is 1. The quantitative estimate of drug-likeness (QED) is 0.601. The summed E-state index contributed by atoms with van der Waals surface area (Å²) < 4.78 is 2.33. The summed E-state index contributed by atoms with van der Waals surface area (Å²) in [6.07, 6.45) is 1.79. The van der Waals surface area contributed by atoms with E-state index in [-0.39, 0.29) is 5.75 Å². The molecule has 9 heteroatoms. The summed E-state index contributed by atoms with van der Waals surface area (Å²) in [5.74, 6) is 0.664. The van der Waals surface area contributed by atoms with Gasteiger partial charge >= 0.3 is 0 Å². The minimum atomic E-state index is 0.137. The summed E-state index contributed by atoms with van der Waals surface area (Å²) in [6.45, 7) is 5.87. The van der Waals surface area contributed by atoms with Gasteiger partial charge in [0.2, 0.25) is 0 Å². The number of aromatic hydroxyl groups is 1. The number of rotatable bonds is 4. The molecule has 0 amide bonds. The third-order valence-electron chi connectivity index (χ3n) is 5.54. The summed E-state index contributed by atoms with van der Waals surface area (Å²) in [7, 11) is 3.99. The molecule has 158 valence electrons. The first-order valence-electron chi connectivity index (χ1n) is 10.2. The van der Waals surface area contributed by atoms with Crippen molar-refractivity contribution in [3.05, 3.63) is 34.1 Å². The number of hydrogen-bond donors (Lipinski definition) is 2. The maximum absolute atomic E-state index is 10.6. The normalized spacial score (nSPS) is 15.1. The Kier molecular flexibility index (Phi) is 5.86. The predicted molar refractivity (Wildman–Crippen MR) is 126 cm³/mol. The van der Waals surface area contributed by atoms with Crippen LogP contribution in [0.2, 0.25) is 0 Å². The van der Waals surface area contributed by atoms with Crippen molar-refractivity contribution in [1.82, 2.24) is 29.5 Å². The second-order valence-corrected chi connectivity index (χ2v) is 8.55. The lowest BCUT2D eigenvalue weighted by atomic mass is 10.1. The van der Waals surface area contributed by atoms with Gasteiger partial charge in [-0.05, 0) is 31.7 Å². The molecule has 3 heterocycles. The minimum absolute atomic E-state index is 0.137. The molecule has 1 saturated heterocycles. The van der Waals surface area contributed by atoms with Crippen LogP contribution in [0.1, 0.15) is 24.6 Å². The van der Waals surface area contributed by atoms with Gasteiger partial charge in [-0.1, -0.05) is 37.8 Å². The topological polar surface area (TPSA) is 73.2 Å². The molecule has 2 N–H and O–H groups in total. The smallest absolute Gasteiger partial charge is 0.142 e. The number of phenols is 1. The first-order valence-corrected chi connectivity index (χ1v) is 11.0. The number of thiocarbonyl (C=S) groups is 1. The highest BCUT2D eigenvalue weighted by molar-refractivity contribution is 7.80. The molecule has 0 atom stereocenters. The summed E-state index contributed by atoms with van der Waals surface area (Å²) in [5.41, 5.74) is 3.98. The molecule has 1 fully saturated rings. The Labute approximate surface area is 186 Å². The number of fused-ring (bicyclic) bond motifs is 1. The molecule has 0 radical (unpaired) electrons. The van der Waals surface area contributed by atoms with Crippen molar-refractivity contribution in [3.8, 4) is 17.1 Å². The molecular weight excluding hydrogens is 416 g/mol. The number of likely N-dealkylation sites (N-methyl/N-ethyl adjacent to an activating group) is 1. The molecule has 30 heavy (non-hydrogen) atoms. The SMILES string of the molecule is CCCc1nn(C)c2c(=S)[nH]c(-c3cc(C(=S)N4CCN(C)CC4)ccc3O)nc12. The first kappa shape index (κ1) is 20.9. The van der Waals surface area contributed by atoms with Crippen LogP contribution in [0.3, 0.4) is 0 Å². The largest absolute Gasteiger partial charge is 0.507 e. The summed E-state index contributed by atoms with van der Waals surface area (Å²) in [4.78, 5) is 13.3. The lowest BCUT2D eigenvalue weighted by molar-refractivity contribution is 0.218. The lowest BCUT2D eigenvalue weighted by Gasteiger charge is -2.34. The Bertz CT molecular complexity index is 1160. The Hall–Kier alpha value is -2.36. The molecule has 4 rings (SSSR count). The molecule has 3 aromatic rings. The van der Waals surface area contributed by atoms with Crippen molar-refractivity contribution >= 4 is 40.5 Å². The highest BCUT2D eigenvalue weighted by atomic mass is 32.1. The van der Waals surface area contributed by atoms with Gasteiger partial charge in [0.15, 0.2) is 0 Å². The number of H-pyrrole nitrogens is 1. The van der Waals surface area contributed by atoms with Gasteiger partial charge in [0.05, 0.1) is 11.3 Å². The van der Waals surface area contributed by atoms with Crippen LogP contribution in [0.4, 0.5) is 0 Å². The van der Waals surface area contributed by atoms with E-state index in [1.54, 1.807) is 10.7 Å². The average Bonchev–Trinajstić information content (AvgIpc) is 3.04. The molecule has 7 nitrogen and oxygen atoms in total. The Balaban J connectivity index is 1.76. The fourth-order valence-electron chi connectivity index (χ4n) is 3.83. The highest BCUT2D eigenvalue weighted by Gasteiger charge is 2.20. The van der Waals surface area contributed by atoms with Crippen LogP contribution < -0.4 is 0 Å². The zero-order valence-electron chi connectivity index (χ0n) is 17.5. The number of piperazine rings is 1. The number of nitrogens with zero attached hydrogens (tertiary/aromatic N) is 5. The van der Waals surface area contributed by atoms with Gasteiger partial charge in [-0.25, -0.2) is 4.98 Å². The van der Waals surface area contributed by atoms with E-state index in [1.165, 1.54) is 0 Å². The Morgan fingerprint density at radius 1 is 1.20 bits per heavy atom. The van der Waals surface area contributed by atoms with Gasteiger partial charge in [-0.15, -0.1) is 0 Å². The lowest BCUT2D eigenvalue weighted by Crippen LogP contribution is -2.46. The Morgan fingerprint density at radius 2 is 1.93 bits per heavy atom. The first-order chi connectivity index (χ1) is 14.4. The van der Waals surface area contributed by atoms with Crippen LogP contribution in [0, 0.1) is 4.64 Å². The Morgan fingerprint density at radius 3 is 2.63 bits per heavy atom. The summed E-state index contributed by atoms with van der Waals surface area (Å²) >= 11 is 11.3. The van der Waals surface area contributed by atoms with Crippen LogP contribution in [0.15, 0.2) is 18.2 Å². The predicted octanol–water partition coefficient (Wildman–Crippen LogP) is 3.27. The van der Waals surface area contributed by atoms with Gasteiger partial charge in [-0.3, -0.25) is 4.68 Å². The molecular formula is C21H26N6OS2. The van der Waals surface area contributed by atoms with Crippen molar-refractivity contribution in [1.29, 1.82) is 0 Å². The molecule has 0 unspecified atom stereocenters. The van der Waals surface area contributed by atoms with Crippen LogP contribution in [0.25, 0.3) is 22.4 Å². The molecule has 0 bridgehead atoms. The average molecular weight is 443 g/mol. The molecule has 0 saturated carbocycles. The van der Waals surface area contributed by atoms with Gasteiger partial charge in [0.1, 0.15) is 32.2 Å². The third kappa shape index (κ3) is 3.84. The second kappa shape index (κ2) is 8.41. The zero-order valence-corrected chi connectivity index (χ0v) is 19.1. The number of benzene rings is 1. The van der Waals surface area contributed by atoms with E-state index in [1.807, 2.05) is 19.2 Å². The zero-order chi connectivity index (χ0) is 21.4. The van der Waals surface area contributed by atoms with Crippen molar-refractivity contribution in [3.63, 3.8) is 0 Å². The monoisotopic (exact) mass is 442 g/mol. The van der Waals surface area contributed by atoms with Gasteiger partial charge in [0.25, 0.3) is 0 Å². The van der Waals surface area contributed by atoms with Crippen LogP contribution >= 0.6 is 24.4 Å². The second-order valence-electron chi connectivity index (χ2n) is 7.76. The molecule has 0 spiro atoms. The number of aryl methyl sites for hydroxylation is 2. The van der Waals surface area contributed by atoms with E-state index in [0.717, 1.165) is 66.3 Å². The summed E-state index contributed by atoms with van der Waals surface area (Å²) in [6, 6.07) is 5.43. The van der Waals surface area contributed by atoms with Crippen molar-refractivity contribution in [2.24, 2.45) is 7.05 Å². The number of hydrogen-bond acceptors (Lipinski definition) is 6. The van der Waals surface area contributed by atoms with Gasteiger partial charge < -0.3 is 19.9 Å². The van der Waals surface area contributed by atoms with Gasteiger partial charge in [0, 0.05) is 38.8 Å². The van der Waals surface area contributed by atoms with Crippen LogP contribution in [-0.2, 0) is 13.5 Å². The maximum Gasteiger partial charge on any atom is 0.142 e. The van der Waals surface area contributed by atoms with E-state index in [2.05, 4.69) is 33.9 Å². The van der Waals surface area contributed by atoms with Gasteiger partial charge in [-0.2, -0.15) is 5.10 Å². The molecule has 1 aliphatic rings.